The second-order valence-electron chi connectivity index (χ2n) is 8.51. The highest BCUT2D eigenvalue weighted by molar-refractivity contribution is 5.87. The average Bonchev–Trinajstić information content (AvgIpc) is 2.78. The van der Waals surface area contributed by atoms with Crippen molar-refractivity contribution in [1.82, 2.24) is 10.3 Å². The molecule has 0 radical (unpaired) electrons. The number of hydrogen-bond acceptors (Lipinski definition) is 3. The Balaban J connectivity index is 1.58. The molecule has 29 heavy (non-hydrogen) atoms. The molecule has 1 N–H and O–H groups in total. The molecular formula is C25H30N2O2. The maximum Gasteiger partial charge on any atom is 0.224 e. The Kier molecular flexibility index (Phi) is 6.16. The van der Waals surface area contributed by atoms with Crippen LogP contribution in [0, 0.1) is 17.8 Å². The molecule has 0 bridgehead atoms. The third-order valence-corrected chi connectivity index (χ3v) is 6.50. The maximum atomic E-state index is 13.1. The van der Waals surface area contributed by atoms with Gasteiger partial charge < -0.3 is 10.1 Å². The molecule has 2 aromatic rings. The Morgan fingerprint density at radius 3 is 2.79 bits per heavy atom. The first kappa shape index (κ1) is 19.9. The zero-order valence-corrected chi connectivity index (χ0v) is 17.2. The van der Waals surface area contributed by atoms with E-state index in [1.54, 1.807) is 7.11 Å². The summed E-state index contributed by atoms with van der Waals surface area (Å²) in [5, 5.41) is 5.58. The van der Waals surface area contributed by atoms with E-state index >= 15 is 0 Å². The summed E-state index contributed by atoms with van der Waals surface area (Å²) in [6.07, 6.45) is 13.0. The highest BCUT2D eigenvalue weighted by Crippen LogP contribution is 2.31. The topological polar surface area (TPSA) is 51.2 Å². The van der Waals surface area contributed by atoms with Crippen molar-refractivity contribution in [2.45, 2.75) is 69.4 Å². The van der Waals surface area contributed by atoms with E-state index in [0.717, 1.165) is 67.7 Å². The van der Waals surface area contributed by atoms with Gasteiger partial charge in [0, 0.05) is 36.2 Å². The van der Waals surface area contributed by atoms with Gasteiger partial charge in [-0.2, -0.15) is 0 Å². The molecule has 0 saturated heterocycles. The molecular weight excluding hydrogens is 360 g/mol. The van der Waals surface area contributed by atoms with Gasteiger partial charge in [0.05, 0.1) is 11.7 Å². The maximum absolute atomic E-state index is 13.1. The van der Waals surface area contributed by atoms with Crippen LogP contribution in [0.25, 0.3) is 10.8 Å². The summed E-state index contributed by atoms with van der Waals surface area (Å²) in [6.45, 7) is 0. The molecule has 4 heteroatoms. The summed E-state index contributed by atoms with van der Waals surface area (Å²) in [4.78, 5) is 17.5. The van der Waals surface area contributed by atoms with Gasteiger partial charge in [-0.1, -0.05) is 61.8 Å². The van der Waals surface area contributed by atoms with Crippen molar-refractivity contribution < 1.29 is 9.53 Å². The molecule has 4 rings (SSSR count). The first-order valence-electron chi connectivity index (χ1n) is 10.9. The number of benzene rings is 1. The van der Waals surface area contributed by atoms with Gasteiger partial charge in [-0.05, 0) is 32.1 Å². The molecule has 1 heterocycles. The number of methoxy groups -OCH3 is 1. The van der Waals surface area contributed by atoms with E-state index < -0.39 is 5.54 Å². The fourth-order valence-electron chi connectivity index (χ4n) is 4.77. The number of fused-ring (bicyclic) bond motifs is 1. The second kappa shape index (κ2) is 8.97. The van der Waals surface area contributed by atoms with Crippen LogP contribution in [0.2, 0.25) is 0 Å². The number of amides is 1. The highest BCUT2D eigenvalue weighted by atomic mass is 16.5. The van der Waals surface area contributed by atoms with E-state index in [1.165, 1.54) is 6.42 Å². The van der Waals surface area contributed by atoms with E-state index in [0.29, 0.717) is 0 Å². The van der Waals surface area contributed by atoms with Crippen LogP contribution in [0.3, 0.4) is 0 Å². The molecule has 2 aliphatic rings. The lowest BCUT2D eigenvalue weighted by Crippen LogP contribution is -2.51. The third kappa shape index (κ3) is 4.62. The van der Waals surface area contributed by atoms with Crippen LogP contribution in [0.15, 0.2) is 36.7 Å². The number of carbonyl (C=O) groups is 1. The van der Waals surface area contributed by atoms with Gasteiger partial charge >= 0.3 is 0 Å². The minimum atomic E-state index is -0.424. The number of aromatic nitrogens is 1. The van der Waals surface area contributed by atoms with Crippen LogP contribution < -0.4 is 5.32 Å². The number of pyridine rings is 1. The van der Waals surface area contributed by atoms with Gasteiger partial charge in [0.15, 0.2) is 0 Å². The minimum Gasteiger partial charge on any atom is -0.381 e. The third-order valence-electron chi connectivity index (χ3n) is 6.50. The molecule has 0 unspecified atom stereocenters. The largest absolute Gasteiger partial charge is 0.381 e. The monoisotopic (exact) mass is 390 g/mol. The van der Waals surface area contributed by atoms with Crippen LogP contribution in [0.4, 0.5) is 0 Å². The lowest BCUT2D eigenvalue weighted by atomic mass is 9.80. The van der Waals surface area contributed by atoms with Gasteiger partial charge in [0.1, 0.15) is 5.54 Å². The standard InChI is InChI=1S/C25H30N2O2/c1-29-22-10-7-9-19(16-22)24(28)27-25(13-5-2-6-14-25)15-12-21-18-26-17-20-8-3-4-11-23(20)21/h3-4,8,11,17-19,22H,2,5-7,9-10,13-14,16H2,1H3,(H,27,28)/t19-,22+/m1/s1. The Labute approximate surface area is 173 Å². The second-order valence-corrected chi connectivity index (χ2v) is 8.51. The molecule has 2 atom stereocenters. The van der Waals surface area contributed by atoms with Crippen molar-refractivity contribution in [2.24, 2.45) is 5.92 Å². The van der Waals surface area contributed by atoms with Crippen molar-refractivity contribution in [3.05, 3.63) is 42.2 Å². The number of carbonyl (C=O) groups excluding carboxylic acids is 1. The zero-order chi connectivity index (χ0) is 20.1. The molecule has 2 aliphatic carbocycles. The average molecular weight is 391 g/mol. The van der Waals surface area contributed by atoms with Crippen molar-refractivity contribution in [3.8, 4) is 11.8 Å². The van der Waals surface area contributed by atoms with E-state index in [2.05, 4.69) is 34.3 Å². The first-order valence-corrected chi connectivity index (χ1v) is 10.9. The van der Waals surface area contributed by atoms with E-state index in [9.17, 15) is 4.79 Å². The normalized spacial score (nSPS) is 23.8. The van der Waals surface area contributed by atoms with Crippen molar-refractivity contribution in [1.29, 1.82) is 0 Å². The summed E-state index contributed by atoms with van der Waals surface area (Å²) >= 11 is 0. The predicted octanol–water partition coefficient (Wildman–Crippen LogP) is 4.61. The molecule has 4 nitrogen and oxygen atoms in total. The summed E-state index contributed by atoms with van der Waals surface area (Å²) in [6, 6.07) is 8.18. The molecule has 0 spiro atoms. The lowest BCUT2D eigenvalue weighted by molar-refractivity contribution is -0.129. The van der Waals surface area contributed by atoms with Crippen molar-refractivity contribution >= 4 is 16.7 Å². The quantitative estimate of drug-likeness (QED) is 0.779. The summed E-state index contributed by atoms with van der Waals surface area (Å²) < 4.78 is 5.52. The summed E-state index contributed by atoms with van der Waals surface area (Å²) in [5.74, 6) is 7.05. The number of nitrogens with one attached hydrogen (secondary N) is 1. The molecule has 2 fully saturated rings. The van der Waals surface area contributed by atoms with Gasteiger partial charge in [0.25, 0.3) is 0 Å². The predicted molar refractivity (Wildman–Crippen MR) is 115 cm³/mol. The number of ether oxygens (including phenoxy) is 1. The summed E-state index contributed by atoms with van der Waals surface area (Å²) in [7, 11) is 1.75. The molecule has 1 aromatic carbocycles. The lowest BCUT2D eigenvalue weighted by Gasteiger charge is -2.36. The van der Waals surface area contributed by atoms with Crippen LogP contribution in [0.5, 0.6) is 0 Å². The fraction of sp³-hybridized carbons (Fsp3) is 0.520. The van der Waals surface area contributed by atoms with Gasteiger partial charge in [-0.15, -0.1) is 0 Å². The molecule has 0 aliphatic heterocycles. The van der Waals surface area contributed by atoms with Crippen molar-refractivity contribution in [2.75, 3.05) is 7.11 Å². The molecule has 1 amide bonds. The minimum absolute atomic E-state index is 0.0357. The van der Waals surface area contributed by atoms with Gasteiger partial charge in [-0.3, -0.25) is 9.78 Å². The van der Waals surface area contributed by atoms with Crippen LogP contribution >= 0.6 is 0 Å². The van der Waals surface area contributed by atoms with Crippen LogP contribution in [-0.2, 0) is 9.53 Å². The fourth-order valence-corrected chi connectivity index (χ4v) is 4.77. The van der Waals surface area contributed by atoms with Gasteiger partial charge in [-0.25, -0.2) is 0 Å². The Bertz CT molecular complexity index is 916. The highest BCUT2D eigenvalue weighted by Gasteiger charge is 2.35. The number of hydrogen-bond donors (Lipinski definition) is 1. The summed E-state index contributed by atoms with van der Waals surface area (Å²) in [5.41, 5.74) is 0.506. The van der Waals surface area contributed by atoms with Crippen LogP contribution in [-0.4, -0.2) is 29.6 Å². The van der Waals surface area contributed by atoms with E-state index in [1.807, 2.05) is 24.5 Å². The molecule has 1 aromatic heterocycles. The van der Waals surface area contributed by atoms with Crippen LogP contribution in [0.1, 0.15) is 63.4 Å². The van der Waals surface area contributed by atoms with E-state index in [-0.39, 0.29) is 17.9 Å². The zero-order valence-electron chi connectivity index (χ0n) is 17.2. The SMILES string of the molecule is CO[C@H]1CCC[C@@H](C(=O)NC2(C#Cc3cncc4ccccc34)CCCCC2)C1. The number of rotatable bonds is 3. The first-order chi connectivity index (χ1) is 14.2. The Morgan fingerprint density at radius 1 is 1.14 bits per heavy atom. The Morgan fingerprint density at radius 2 is 1.97 bits per heavy atom. The van der Waals surface area contributed by atoms with Crippen molar-refractivity contribution in [3.63, 3.8) is 0 Å². The molecule has 2 saturated carbocycles. The van der Waals surface area contributed by atoms with E-state index in [4.69, 9.17) is 4.74 Å². The number of nitrogens with zero attached hydrogens (tertiary/aromatic N) is 1. The smallest absolute Gasteiger partial charge is 0.224 e. The Hall–Kier alpha value is -2.38. The molecule has 152 valence electrons. The van der Waals surface area contributed by atoms with Gasteiger partial charge in [0.2, 0.25) is 5.91 Å².